The lowest BCUT2D eigenvalue weighted by Gasteiger charge is -2.40. The van der Waals surface area contributed by atoms with Crippen LogP contribution in [-0.2, 0) is 4.79 Å². The summed E-state index contributed by atoms with van der Waals surface area (Å²) >= 11 is 0. The maximum atomic E-state index is 12.2. The molecular formula is C16H23N3O. The summed E-state index contributed by atoms with van der Waals surface area (Å²) in [6.07, 6.45) is 4.28. The number of piperidine rings is 1. The van der Waals surface area contributed by atoms with E-state index in [4.69, 9.17) is 5.73 Å². The van der Waals surface area contributed by atoms with E-state index in [2.05, 4.69) is 23.2 Å². The fourth-order valence-electron chi connectivity index (χ4n) is 3.75. The third-order valence-corrected chi connectivity index (χ3v) is 4.92. The average molecular weight is 273 g/mol. The zero-order valence-corrected chi connectivity index (χ0v) is 12.1. The lowest BCUT2D eigenvalue weighted by Crippen LogP contribution is -2.59. The van der Waals surface area contributed by atoms with E-state index in [1.165, 1.54) is 12.8 Å². The molecule has 0 aliphatic carbocycles. The first-order valence-electron chi connectivity index (χ1n) is 7.51. The molecule has 2 aliphatic rings. The predicted octanol–water partition coefficient (Wildman–Crippen LogP) is 1.89. The number of nitrogens with zero attached hydrogens (tertiary/aromatic N) is 1. The molecule has 108 valence electrons. The Bertz CT molecular complexity index is 516. The Labute approximate surface area is 120 Å². The van der Waals surface area contributed by atoms with Gasteiger partial charge in [0.15, 0.2) is 0 Å². The SMILES string of the molecule is Cc1ccccc1NC1(C(N)=O)CCN2CCCCC21. The van der Waals surface area contributed by atoms with E-state index < -0.39 is 5.54 Å². The van der Waals surface area contributed by atoms with E-state index in [-0.39, 0.29) is 11.9 Å². The molecule has 0 spiro atoms. The van der Waals surface area contributed by atoms with Gasteiger partial charge in [-0.3, -0.25) is 9.69 Å². The molecule has 2 fully saturated rings. The van der Waals surface area contributed by atoms with Crippen LogP contribution in [-0.4, -0.2) is 35.5 Å². The van der Waals surface area contributed by atoms with Crippen molar-refractivity contribution in [3.63, 3.8) is 0 Å². The van der Waals surface area contributed by atoms with Gasteiger partial charge in [0.1, 0.15) is 5.54 Å². The highest BCUT2D eigenvalue weighted by Crippen LogP contribution is 2.38. The standard InChI is InChI=1S/C16H23N3O/c1-12-6-2-3-7-13(12)18-16(15(17)20)9-11-19-10-5-4-8-14(16)19/h2-3,6-7,14,18H,4-5,8-11H2,1H3,(H2,17,20). The third kappa shape index (κ3) is 2.08. The highest BCUT2D eigenvalue weighted by Gasteiger charge is 2.52. The number of benzene rings is 1. The van der Waals surface area contributed by atoms with Gasteiger partial charge >= 0.3 is 0 Å². The summed E-state index contributed by atoms with van der Waals surface area (Å²) in [7, 11) is 0. The number of para-hydroxylation sites is 1. The van der Waals surface area contributed by atoms with E-state index >= 15 is 0 Å². The van der Waals surface area contributed by atoms with Crippen molar-refractivity contribution in [2.75, 3.05) is 18.4 Å². The third-order valence-electron chi connectivity index (χ3n) is 4.92. The quantitative estimate of drug-likeness (QED) is 0.884. The molecule has 0 aromatic heterocycles. The Balaban J connectivity index is 1.93. The number of primary amides is 1. The van der Waals surface area contributed by atoms with Crippen LogP contribution in [0.5, 0.6) is 0 Å². The van der Waals surface area contributed by atoms with Crippen LogP contribution < -0.4 is 11.1 Å². The minimum absolute atomic E-state index is 0.213. The highest BCUT2D eigenvalue weighted by molar-refractivity contribution is 5.89. The highest BCUT2D eigenvalue weighted by atomic mass is 16.1. The van der Waals surface area contributed by atoms with Crippen LogP contribution in [0.2, 0.25) is 0 Å². The normalized spacial score (nSPS) is 29.9. The maximum Gasteiger partial charge on any atom is 0.244 e. The van der Waals surface area contributed by atoms with Crippen molar-refractivity contribution < 1.29 is 4.79 Å². The van der Waals surface area contributed by atoms with Crippen molar-refractivity contribution in [3.05, 3.63) is 29.8 Å². The first-order chi connectivity index (χ1) is 9.63. The van der Waals surface area contributed by atoms with Gasteiger partial charge in [-0.25, -0.2) is 0 Å². The molecular weight excluding hydrogens is 250 g/mol. The van der Waals surface area contributed by atoms with E-state index in [9.17, 15) is 4.79 Å². The summed E-state index contributed by atoms with van der Waals surface area (Å²) in [5.74, 6) is -0.213. The molecule has 2 heterocycles. The molecule has 2 aliphatic heterocycles. The number of nitrogens with one attached hydrogen (secondary N) is 1. The summed E-state index contributed by atoms with van der Waals surface area (Å²) in [5, 5.41) is 3.51. The minimum atomic E-state index is -0.605. The van der Waals surface area contributed by atoms with E-state index in [1.54, 1.807) is 0 Å². The lowest BCUT2D eigenvalue weighted by molar-refractivity contribution is -0.123. The fraction of sp³-hybridized carbons (Fsp3) is 0.562. The second-order valence-electron chi connectivity index (χ2n) is 6.07. The molecule has 20 heavy (non-hydrogen) atoms. The number of aryl methyl sites for hydroxylation is 1. The van der Waals surface area contributed by atoms with Crippen molar-refractivity contribution >= 4 is 11.6 Å². The number of nitrogens with two attached hydrogens (primary N) is 1. The van der Waals surface area contributed by atoms with Crippen LogP contribution in [0, 0.1) is 6.92 Å². The Kier molecular flexibility index (Phi) is 3.42. The first-order valence-corrected chi connectivity index (χ1v) is 7.51. The number of anilines is 1. The van der Waals surface area contributed by atoms with Gasteiger partial charge in [0.2, 0.25) is 5.91 Å². The number of carbonyl (C=O) groups is 1. The second kappa shape index (κ2) is 5.09. The Hall–Kier alpha value is -1.55. The molecule has 0 saturated carbocycles. The van der Waals surface area contributed by atoms with Crippen LogP contribution >= 0.6 is 0 Å². The topological polar surface area (TPSA) is 58.4 Å². The molecule has 1 aromatic rings. The summed E-state index contributed by atoms with van der Waals surface area (Å²) in [5.41, 5.74) is 7.39. The number of rotatable bonds is 3. The van der Waals surface area contributed by atoms with Crippen LogP contribution in [0.25, 0.3) is 0 Å². The zero-order valence-electron chi connectivity index (χ0n) is 12.1. The number of hydrogen-bond acceptors (Lipinski definition) is 3. The molecule has 4 heteroatoms. The van der Waals surface area contributed by atoms with Gasteiger partial charge in [0.25, 0.3) is 0 Å². The lowest BCUT2D eigenvalue weighted by atomic mass is 9.84. The monoisotopic (exact) mass is 273 g/mol. The molecule has 3 rings (SSSR count). The Morgan fingerprint density at radius 2 is 2.15 bits per heavy atom. The first kappa shape index (κ1) is 13.4. The van der Waals surface area contributed by atoms with Gasteiger partial charge in [-0.2, -0.15) is 0 Å². The van der Waals surface area contributed by atoms with Crippen LogP contribution in [0.1, 0.15) is 31.2 Å². The molecule has 2 saturated heterocycles. The number of fused-ring (bicyclic) bond motifs is 1. The van der Waals surface area contributed by atoms with Crippen molar-refractivity contribution in [2.45, 2.75) is 44.2 Å². The molecule has 0 bridgehead atoms. The van der Waals surface area contributed by atoms with Gasteiger partial charge in [0.05, 0.1) is 0 Å². The summed E-state index contributed by atoms with van der Waals surface area (Å²) < 4.78 is 0. The molecule has 1 aromatic carbocycles. The van der Waals surface area contributed by atoms with E-state index in [1.807, 2.05) is 18.2 Å². The van der Waals surface area contributed by atoms with E-state index in [0.717, 1.165) is 37.2 Å². The summed E-state index contributed by atoms with van der Waals surface area (Å²) in [6, 6.07) is 8.35. The number of carbonyl (C=O) groups excluding carboxylic acids is 1. The Morgan fingerprint density at radius 3 is 2.90 bits per heavy atom. The van der Waals surface area contributed by atoms with Crippen molar-refractivity contribution in [3.8, 4) is 0 Å². The molecule has 3 N–H and O–H groups in total. The number of amides is 1. The van der Waals surface area contributed by atoms with Crippen LogP contribution in [0.3, 0.4) is 0 Å². The molecule has 2 unspecified atom stereocenters. The van der Waals surface area contributed by atoms with Crippen molar-refractivity contribution in [2.24, 2.45) is 5.73 Å². The fourth-order valence-corrected chi connectivity index (χ4v) is 3.75. The average Bonchev–Trinajstić information content (AvgIpc) is 2.82. The van der Waals surface area contributed by atoms with Gasteiger partial charge < -0.3 is 11.1 Å². The van der Waals surface area contributed by atoms with Gasteiger partial charge in [-0.1, -0.05) is 24.6 Å². The molecule has 4 nitrogen and oxygen atoms in total. The second-order valence-corrected chi connectivity index (χ2v) is 6.07. The molecule has 1 amide bonds. The summed E-state index contributed by atoms with van der Waals surface area (Å²) in [4.78, 5) is 14.7. The van der Waals surface area contributed by atoms with Gasteiger partial charge in [-0.05, 0) is 44.4 Å². The summed E-state index contributed by atoms with van der Waals surface area (Å²) in [6.45, 7) is 4.12. The Morgan fingerprint density at radius 1 is 1.35 bits per heavy atom. The largest absolute Gasteiger partial charge is 0.370 e. The van der Waals surface area contributed by atoms with Crippen LogP contribution in [0.15, 0.2) is 24.3 Å². The smallest absolute Gasteiger partial charge is 0.244 e. The minimum Gasteiger partial charge on any atom is -0.370 e. The molecule has 2 atom stereocenters. The maximum absolute atomic E-state index is 12.2. The predicted molar refractivity (Wildman–Crippen MR) is 80.6 cm³/mol. The van der Waals surface area contributed by atoms with Crippen molar-refractivity contribution in [1.82, 2.24) is 4.90 Å². The van der Waals surface area contributed by atoms with E-state index in [0.29, 0.717) is 0 Å². The van der Waals surface area contributed by atoms with Gasteiger partial charge in [-0.15, -0.1) is 0 Å². The van der Waals surface area contributed by atoms with Crippen LogP contribution in [0.4, 0.5) is 5.69 Å². The van der Waals surface area contributed by atoms with Gasteiger partial charge in [0, 0.05) is 18.3 Å². The number of hydrogen-bond donors (Lipinski definition) is 2. The molecule has 0 radical (unpaired) electrons. The zero-order chi connectivity index (χ0) is 14.2. The van der Waals surface area contributed by atoms with Crippen molar-refractivity contribution in [1.29, 1.82) is 0 Å².